The fourth-order valence-electron chi connectivity index (χ4n) is 5.16. The number of esters is 1. The lowest BCUT2D eigenvalue weighted by Gasteiger charge is -2.47. The van der Waals surface area contributed by atoms with Gasteiger partial charge in [0.1, 0.15) is 5.82 Å². The van der Waals surface area contributed by atoms with Crippen LogP contribution in [0.25, 0.3) is 17.5 Å². The Morgan fingerprint density at radius 3 is 2.74 bits per heavy atom. The molecule has 0 saturated heterocycles. The molecule has 3 aliphatic rings. The Labute approximate surface area is 181 Å². The second-order valence-corrected chi connectivity index (χ2v) is 8.25. The van der Waals surface area contributed by atoms with Gasteiger partial charge in [-0.15, -0.1) is 0 Å². The third kappa shape index (κ3) is 4.03. The minimum atomic E-state index is -0.523. The average Bonchev–Trinajstić information content (AvgIpc) is 3.19. The minimum Gasteiger partial charge on any atom is -0.466 e. The van der Waals surface area contributed by atoms with Gasteiger partial charge in [0.25, 0.3) is 0 Å². The van der Waals surface area contributed by atoms with E-state index in [1.54, 1.807) is 0 Å². The molecule has 3 aliphatic carbocycles. The van der Waals surface area contributed by atoms with E-state index >= 15 is 0 Å². The zero-order valence-corrected chi connectivity index (χ0v) is 18.2. The van der Waals surface area contributed by atoms with Crippen molar-refractivity contribution in [2.45, 2.75) is 45.6 Å². The number of hydrogen-bond acceptors (Lipinski definition) is 6. The number of anilines is 2. The summed E-state index contributed by atoms with van der Waals surface area (Å²) < 4.78 is 20.1. The zero-order valence-electron chi connectivity index (χ0n) is 18.2. The maximum atomic E-state index is 14.7. The maximum Gasteiger partial charge on any atom is 0.311 e. The number of aromatic nitrogens is 3. The van der Waals surface area contributed by atoms with Crippen molar-refractivity contribution in [1.29, 1.82) is 0 Å². The van der Waals surface area contributed by atoms with Crippen molar-refractivity contribution in [1.82, 2.24) is 15.0 Å². The predicted octanol–water partition coefficient (Wildman–Crippen LogP) is 4.47. The summed E-state index contributed by atoms with van der Waals surface area (Å²) in [5.74, 6) is 0.982. The highest BCUT2D eigenvalue weighted by Crippen LogP contribution is 2.46. The molecule has 5 rings (SSSR count). The number of nitrogens with zero attached hydrogens (tertiary/aromatic N) is 2. The van der Waals surface area contributed by atoms with Gasteiger partial charge in [0, 0.05) is 30.4 Å². The summed E-state index contributed by atoms with van der Waals surface area (Å²) in [5, 5.41) is 6.39. The molecule has 2 unspecified atom stereocenters. The Morgan fingerprint density at radius 2 is 2.06 bits per heavy atom. The fraction of sp³-hybridized carbons (Fsp3) is 0.522. The van der Waals surface area contributed by atoms with Gasteiger partial charge in [-0.2, -0.15) is 0 Å². The van der Waals surface area contributed by atoms with Crippen molar-refractivity contribution >= 4 is 23.7 Å². The van der Waals surface area contributed by atoms with Gasteiger partial charge in [0.2, 0.25) is 0 Å². The number of hydrogen-bond donors (Lipinski definition) is 3. The first-order chi connectivity index (χ1) is 15.1. The Balaban J connectivity index is 1.66. The first-order valence-corrected chi connectivity index (χ1v) is 11.0. The van der Waals surface area contributed by atoms with Crippen molar-refractivity contribution in [2.24, 2.45) is 17.8 Å². The van der Waals surface area contributed by atoms with Crippen LogP contribution in [0.3, 0.4) is 0 Å². The van der Waals surface area contributed by atoms with Crippen LogP contribution in [0.1, 0.15) is 45.1 Å². The van der Waals surface area contributed by atoms with Gasteiger partial charge in [-0.05, 0) is 51.4 Å². The van der Waals surface area contributed by atoms with Crippen molar-refractivity contribution < 1.29 is 13.9 Å². The van der Waals surface area contributed by atoms with Gasteiger partial charge >= 0.3 is 5.97 Å². The third-order valence-corrected chi connectivity index (χ3v) is 6.57. The highest BCUT2D eigenvalue weighted by atomic mass is 19.1. The van der Waals surface area contributed by atoms with Gasteiger partial charge in [0.05, 0.1) is 18.7 Å². The molecule has 3 saturated carbocycles. The lowest BCUT2D eigenvalue weighted by Crippen LogP contribution is -2.52. The number of allylic oxidation sites excluding steroid dienone is 1. The van der Waals surface area contributed by atoms with Gasteiger partial charge in [-0.25, -0.2) is 14.4 Å². The summed E-state index contributed by atoms with van der Waals surface area (Å²) >= 11 is 0. The molecule has 0 amide bonds. The lowest BCUT2D eigenvalue weighted by molar-refractivity contribution is -0.154. The van der Waals surface area contributed by atoms with E-state index < -0.39 is 5.82 Å². The highest BCUT2D eigenvalue weighted by Gasteiger charge is 2.48. The fourth-order valence-corrected chi connectivity index (χ4v) is 5.16. The first-order valence-electron chi connectivity index (χ1n) is 11.0. The number of aromatic amines is 1. The third-order valence-electron chi connectivity index (χ3n) is 6.57. The van der Waals surface area contributed by atoms with Gasteiger partial charge in [0.15, 0.2) is 17.5 Å². The van der Waals surface area contributed by atoms with E-state index in [-0.39, 0.29) is 29.7 Å². The van der Waals surface area contributed by atoms with Crippen LogP contribution in [0.5, 0.6) is 0 Å². The van der Waals surface area contributed by atoms with Crippen molar-refractivity contribution in [3.05, 3.63) is 29.9 Å². The highest BCUT2D eigenvalue weighted by molar-refractivity contribution is 5.79. The summed E-state index contributed by atoms with van der Waals surface area (Å²) in [4.78, 5) is 24.6. The molecular formula is C23H30FN5O2. The monoisotopic (exact) mass is 427 g/mol. The van der Waals surface area contributed by atoms with Crippen LogP contribution in [-0.4, -0.2) is 40.6 Å². The van der Waals surface area contributed by atoms with E-state index in [1.165, 1.54) is 6.20 Å². The average molecular weight is 428 g/mol. The van der Waals surface area contributed by atoms with Crippen LogP contribution in [0.15, 0.2) is 18.5 Å². The van der Waals surface area contributed by atoms with E-state index in [1.807, 2.05) is 39.2 Å². The van der Waals surface area contributed by atoms with Gasteiger partial charge in [-0.1, -0.05) is 12.2 Å². The number of fused-ring (bicyclic) bond motifs is 3. The minimum absolute atomic E-state index is 0.135. The number of ether oxygens (including phenoxy) is 1. The molecule has 2 aromatic rings. The van der Waals surface area contributed by atoms with Gasteiger partial charge < -0.3 is 20.4 Å². The molecule has 31 heavy (non-hydrogen) atoms. The topological polar surface area (TPSA) is 91.9 Å². The van der Waals surface area contributed by atoms with E-state index in [0.717, 1.165) is 42.6 Å². The Kier molecular flexibility index (Phi) is 6.25. The zero-order chi connectivity index (χ0) is 22.0. The number of halogens is 1. The van der Waals surface area contributed by atoms with E-state index in [0.29, 0.717) is 18.3 Å². The molecule has 0 spiro atoms. The second kappa shape index (κ2) is 9.08. The molecule has 8 heteroatoms. The number of rotatable bonds is 7. The molecule has 2 bridgehead atoms. The van der Waals surface area contributed by atoms with Crippen LogP contribution in [0.2, 0.25) is 0 Å². The molecule has 3 N–H and O–H groups in total. The molecule has 2 aromatic heterocycles. The predicted molar refractivity (Wildman–Crippen MR) is 119 cm³/mol. The van der Waals surface area contributed by atoms with Crippen molar-refractivity contribution in [2.75, 3.05) is 24.3 Å². The molecule has 0 aromatic carbocycles. The van der Waals surface area contributed by atoms with Gasteiger partial charge in [-0.3, -0.25) is 4.79 Å². The molecular weight excluding hydrogens is 397 g/mol. The number of nitrogens with one attached hydrogen (secondary N) is 3. The van der Waals surface area contributed by atoms with Crippen molar-refractivity contribution in [3.8, 4) is 11.4 Å². The Bertz CT molecular complexity index is 965. The largest absolute Gasteiger partial charge is 0.466 e. The summed E-state index contributed by atoms with van der Waals surface area (Å²) in [6.07, 6.45) is 11.0. The van der Waals surface area contributed by atoms with Crippen LogP contribution < -0.4 is 10.6 Å². The Hall–Kier alpha value is -2.90. The summed E-state index contributed by atoms with van der Waals surface area (Å²) in [6, 6.07) is -0.182. The van der Waals surface area contributed by atoms with E-state index in [4.69, 9.17) is 4.74 Å². The SMILES string of the molecule is C/C=C\c1c(-c2ncc(F)c(NC3C4CCC(CC4)C3C(=O)OCC)n2)c[nH]c1NC. The van der Waals surface area contributed by atoms with Crippen molar-refractivity contribution in [3.63, 3.8) is 0 Å². The smallest absolute Gasteiger partial charge is 0.311 e. The quantitative estimate of drug-likeness (QED) is 0.565. The van der Waals surface area contributed by atoms with Crippen LogP contribution in [0, 0.1) is 23.6 Å². The second-order valence-electron chi connectivity index (χ2n) is 8.25. The Morgan fingerprint density at radius 1 is 1.32 bits per heavy atom. The maximum absolute atomic E-state index is 14.7. The molecule has 2 heterocycles. The standard InChI is InChI=1S/C23H30FN5O2/c1-4-6-15-16(11-26-20(15)25-3)21-27-12-17(24)22(29-21)28-19-14-9-7-13(8-10-14)18(19)23(30)31-5-2/h4,6,11-14,18-19,25-26H,5,7-10H2,1-3H3,(H,27,28,29)/b6-4-. The number of H-pyrrole nitrogens is 1. The molecule has 0 aliphatic heterocycles. The molecule has 0 radical (unpaired) electrons. The molecule has 2 atom stereocenters. The molecule has 166 valence electrons. The number of carbonyl (C=O) groups excluding carboxylic acids is 1. The van der Waals surface area contributed by atoms with E-state index in [9.17, 15) is 9.18 Å². The first kappa shape index (κ1) is 21.3. The molecule has 7 nitrogen and oxygen atoms in total. The van der Waals surface area contributed by atoms with E-state index in [2.05, 4.69) is 25.6 Å². The summed E-state index contributed by atoms with van der Waals surface area (Å²) in [7, 11) is 1.83. The van der Waals surface area contributed by atoms with Crippen LogP contribution in [0.4, 0.5) is 16.0 Å². The summed E-state index contributed by atoms with van der Waals surface area (Å²) in [5.41, 5.74) is 1.68. The normalized spacial score (nSPS) is 25.0. The molecule has 3 fully saturated rings. The van der Waals surface area contributed by atoms with Crippen LogP contribution in [-0.2, 0) is 9.53 Å². The lowest BCUT2D eigenvalue weighted by atomic mass is 9.61. The van der Waals surface area contributed by atoms with Crippen LogP contribution >= 0.6 is 0 Å². The number of carbonyl (C=O) groups is 1. The summed E-state index contributed by atoms with van der Waals surface area (Å²) in [6.45, 7) is 4.10.